The maximum Gasteiger partial charge on any atom is 0.434 e. The first-order valence-corrected chi connectivity index (χ1v) is 7.26. The normalized spacial score (nSPS) is 13.0. The van der Waals surface area contributed by atoms with Gasteiger partial charge in [0.05, 0.1) is 17.9 Å². The Morgan fingerprint density at radius 2 is 2.23 bits per heavy atom. The molecule has 10 heteroatoms. The molecule has 1 atom stereocenters. The molecule has 2 N–H and O–H groups in total. The van der Waals surface area contributed by atoms with Crippen molar-refractivity contribution in [3.8, 4) is 0 Å². The van der Waals surface area contributed by atoms with Crippen molar-refractivity contribution in [1.29, 1.82) is 0 Å². The van der Waals surface area contributed by atoms with E-state index in [4.69, 9.17) is 0 Å². The Hall–Kier alpha value is -2.10. The number of carbonyl (C=O) groups is 1. The number of anilines is 1. The number of aromatic nitrogens is 3. The lowest BCUT2D eigenvalue weighted by Crippen LogP contribution is -2.32. The predicted molar refractivity (Wildman–Crippen MR) is 75.5 cm³/mol. The van der Waals surface area contributed by atoms with Crippen LogP contribution in [0.3, 0.4) is 0 Å². The van der Waals surface area contributed by atoms with Crippen LogP contribution in [0.5, 0.6) is 0 Å². The van der Waals surface area contributed by atoms with Crippen LogP contribution in [0.2, 0.25) is 0 Å². The molecule has 2 amide bonds. The van der Waals surface area contributed by atoms with Gasteiger partial charge in [0.15, 0.2) is 5.69 Å². The predicted octanol–water partition coefficient (Wildman–Crippen LogP) is 3.17. The highest BCUT2D eigenvalue weighted by atomic mass is 32.1. The summed E-state index contributed by atoms with van der Waals surface area (Å²) in [4.78, 5) is 15.4. The minimum atomic E-state index is -4.48. The van der Waals surface area contributed by atoms with E-state index < -0.39 is 23.9 Å². The van der Waals surface area contributed by atoms with Crippen molar-refractivity contribution in [1.82, 2.24) is 20.1 Å². The summed E-state index contributed by atoms with van der Waals surface area (Å²) in [6.45, 7) is 1.75. The molecule has 0 aliphatic rings. The van der Waals surface area contributed by atoms with Crippen LogP contribution in [0.25, 0.3) is 0 Å². The second-order valence-electron chi connectivity index (χ2n) is 4.53. The lowest BCUT2D eigenvalue weighted by atomic mass is 10.2. The van der Waals surface area contributed by atoms with Crippen molar-refractivity contribution in [2.45, 2.75) is 25.6 Å². The van der Waals surface area contributed by atoms with Crippen molar-refractivity contribution in [2.75, 3.05) is 5.32 Å². The SMILES string of the molecule is CCC(NC(=O)Nc1cnn(C)c1)c1nc(C(F)(F)F)cs1. The zero-order valence-electron chi connectivity index (χ0n) is 11.8. The van der Waals surface area contributed by atoms with Gasteiger partial charge in [-0.2, -0.15) is 18.3 Å². The summed E-state index contributed by atoms with van der Waals surface area (Å²) in [5.41, 5.74) is -0.453. The van der Waals surface area contributed by atoms with Gasteiger partial charge in [0, 0.05) is 18.6 Å². The lowest BCUT2D eigenvalue weighted by Gasteiger charge is -2.14. The molecule has 0 saturated heterocycles. The fourth-order valence-corrected chi connectivity index (χ4v) is 2.69. The third kappa shape index (κ3) is 3.97. The third-order valence-electron chi connectivity index (χ3n) is 2.79. The Bertz CT molecular complexity index is 651. The molecule has 0 fully saturated rings. The Labute approximate surface area is 128 Å². The van der Waals surface area contributed by atoms with Crippen molar-refractivity contribution < 1.29 is 18.0 Å². The van der Waals surface area contributed by atoms with E-state index in [2.05, 4.69) is 20.7 Å². The molecule has 0 bridgehead atoms. The molecular weight excluding hydrogens is 319 g/mol. The van der Waals surface area contributed by atoms with Crippen LogP contribution >= 0.6 is 11.3 Å². The fraction of sp³-hybridized carbons (Fsp3) is 0.417. The van der Waals surface area contributed by atoms with Crippen LogP contribution < -0.4 is 10.6 Å². The highest BCUT2D eigenvalue weighted by Crippen LogP contribution is 2.32. The highest BCUT2D eigenvalue weighted by molar-refractivity contribution is 7.09. The van der Waals surface area contributed by atoms with E-state index in [1.54, 1.807) is 20.2 Å². The van der Waals surface area contributed by atoms with E-state index in [1.165, 1.54) is 10.9 Å². The van der Waals surface area contributed by atoms with Gasteiger partial charge in [-0.1, -0.05) is 6.92 Å². The Kier molecular flexibility index (Phi) is 4.69. The van der Waals surface area contributed by atoms with E-state index in [0.717, 1.165) is 16.7 Å². The third-order valence-corrected chi connectivity index (χ3v) is 3.75. The van der Waals surface area contributed by atoms with Crippen LogP contribution in [0.15, 0.2) is 17.8 Å². The highest BCUT2D eigenvalue weighted by Gasteiger charge is 2.34. The molecule has 1 unspecified atom stereocenters. The number of halogens is 3. The van der Waals surface area contributed by atoms with Gasteiger partial charge in [-0.3, -0.25) is 4.68 Å². The second-order valence-corrected chi connectivity index (χ2v) is 5.42. The number of nitrogens with zero attached hydrogens (tertiary/aromatic N) is 3. The van der Waals surface area contributed by atoms with Gasteiger partial charge in [-0.05, 0) is 6.42 Å². The van der Waals surface area contributed by atoms with E-state index in [0.29, 0.717) is 12.1 Å². The first kappa shape index (κ1) is 16.3. The minimum absolute atomic E-state index is 0.219. The number of rotatable bonds is 4. The Morgan fingerprint density at radius 3 is 2.73 bits per heavy atom. The molecule has 2 heterocycles. The lowest BCUT2D eigenvalue weighted by molar-refractivity contribution is -0.140. The number of alkyl halides is 3. The van der Waals surface area contributed by atoms with Gasteiger partial charge in [-0.25, -0.2) is 9.78 Å². The summed E-state index contributed by atoms with van der Waals surface area (Å²) in [7, 11) is 1.70. The summed E-state index contributed by atoms with van der Waals surface area (Å²) in [5.74, 6) is 0. The van der Waals surface area contributed by atoms with Gasteiger partial charge in [-0.15, -0.1) is 11.3 Å². The van der Waals surface area contributed by atoms with Crippen molar-refractivity contribution >= 4 is 23.1 Å². The van der Waals surface area contributed by atoms with E-state index >= 15 is 0 Å². The molecule has 22 heavy (non-hydrogen) atoms. The van der Waals surface area contributed by atoms with Gasteiger partial charge in [0.25, 0.3) is 0 Å². The number of carbonyl (C=O) groups excluding carboxylic acids is 1. The van der Waals surface area contributed by atoms with Crippen LogP contribution in [0, 0.1) is 0 Å². The largest absolute Gasteiger partial charge is 0.434 e. The molecule has 0 aromatic carbocycles. The van der Waals surface area contributed by atoms with Crippen LogP contribution in [0.1, 0.15) is 30.1 Å². The van der Waals surface area contributed by atoms with Crippen LogP contribution in [0.4, 0.5) is 23.7 Å². The minimum Gasteiger partial charge on any atom is -0.329 e. The number of hydrogen-bond donors (Lipinski definition) is 2. The summed E-state index contributed by atoms with van der Waals surface area (Å²) in [5, 5.41) is 10.2. The number of hydrogen-bond acceptors (Lipinski definition) is 4. The number of thiazole rings is 1. The molecular formula is C12H14F3N5OS. The van der Waals surface area contributed by atoms with Crippen molar-refractivity contribution in [2.24, 2.45) is 7.05 Å². The quantitative estimate of drug-likeness (QED) is 0.903. The first-order valence-electron chi connectivity index (χ1n) is 6.38. The average Bonchev–Trinajstić information content (AvgIpc) is 3.04. The maximum absolute atomic E-state index is 12.6. The Morgan fingerprint density at radius 1 is 1.50 bits per heavy atom. The number of amides is 2. The van der Waals surface area contributed by atoms with Crippen LogP contribution in [-0.2, 0) is 13.2 Å². The Balaban J connectivity index is 2.02. The van der Waals surface area contributed by atoms with E-state index in [9.17, 15) is 18.0 Å². The smallest absolute Gasteiger partial charge is 0.329 e. The molecule has 2 aromatic heterocycles. The summed E-state index contributed by atoms with van der Waals surface area (Å²) < 4.78 is 39.2. The molecule has 0 spiro atoms. The molecule has 6 nitrogen and oxygen atoms in total. The number of nitrogens with one attached hydrogen (secondary N) is 2. The van der Waals surface area contributed by atoms with Gasteiger partial charge in [0.1, 0.15) is 5.01 Å². The summed E-state index contributed by atoms with van der Waals surface area (Å²) in [6, 6.07) is -1.11. The van der Waals surface area contributed by atoms with Gasteiger partial charge in [0.2, 0.25) is 0 Å². The van der Waals surface area contributed by atoms with Gasteiger partial charge < -0.3 is 10.6 Å². The molecule has 0 radical (unpaired) electrons. The first-order chi connectivity index (χ1) is 10.3. The molecule has 0 aliphatic carbocycles. The van der Waals surface area contributed by atoms with E-state index in [-0.39, 0.29) is 5.01 Å². The number of aryl methyl sites for hydroxylation is 1. The monoisotopic (exact) mass is 333 g/mol. The van der Waals surface area contributed by atoms with Gasteiger partial charge >= 0.3 is 12.2 Å². The molecule has 2 aromatic rings. The topological polar surface area (TPSA) is 71.8 Å². The summed E-state index contributed by atoms with van der Waals surface area (Å²) in [6.07, 6.45) is -0.992. The zero-order chi connectivity index (χ0) is 16.3. The zero-order valence-corrected chi connectivity index (χ0v) is 12.6. The maximum atomic E-state index is 12.6. The van der Waals surface area contributed by atoms with Crippen LogP contribution in [-0.4, -0.2) is 20.8 Å². The average molecular weight is 333 g/mol. The standard InChI is InChI=1S/C12H14F3N5OS/c1-3-8(10-19-9(6-22-10)12(13,14)15)18-11(21)17-7-4-16-20(2)5-7/h4-6,8H,3H2,1-2H3,(H2,17,18,21). The molecule has 0 saturated carbocycles. The van der Waals surface area contributed by atoms with E-state index in [1.807, 2.05) is 0 Å². The molecule has 2 rings (SSSR count). The fourth-order valence-electron chi connectivity index (χ4n) is 1.73. The summed E-state index contributed by atoms with van der Waals surface area (Å²) >= 11 is 0.871. The van der Waals surface area contributed by atoms with Crippen molar-refractivity contribution in [3.63, 3.8) is 0 Å². The number of urea groups is 1. The molecule has 0 aliphatic heterocycles. The molecule has 120 valence electrons. The van der Waals surface area contributed by atoms with Crippen molar-refractivity contribution in [3.05, 3.63) is 28.5 Å². The second kappa shape index (κ2) is 6.34.